The minimum absolute atomic E-state index is 0.0765. The lowest BCUT2D eigenvalue weighted by molar-refractivity contribution is -0.384. The van der Waals surface area contributed by atoms with Crippen molar-refractivity contribution in [2.24, 2.45) is 0 Å². The van der Waals surface area contributed by atoms with E-state index in [0.717, 1.165) is 45.6 Å². The topological polar surface area (TPSA) is 144 Å². The summed E-state index contributed by atoms with van der Waals surface area (Å²) in [5.74, 6) is -0.0765. The number of ether oxygens (including phenoxy) is 3. The number of carbonyl (C=O) groups is 1. The van der Waals surface area contributed by atoms with Gasteiger partial charge >= 0.3 is 11.4 Å². The minimum atomic E-state index is -3.22. The van der Waals surface area contributed by atoms with Gasteiger partial charge in [0, 0.05) is 33.5 Å². The van der Waals surface area contributed by atoms with Gasteiger partial charge in [-0.1, -0.05) is 0 Å². The van der Waals surface area contributed by atoms with Crippen LogP contribution in [0.4, 0.5) is 10.5 Å². The molecule has 1 N–H and O–H groups in total. The minimum Gasteiger partial charge on any atom is -0.395 e. The molecule has 0 spiro atoms. The van der Waals surface area contributed by atoms with Gasteiger partial charge in [0.1, 0.15) is 5.75 Å². The number of nitro benzene ring substituents is 1. The predicted molar refractivity (Wildman–Crippen MR) is 82.1 cm³/mol. The molecule has 1 aromatic carbocycles. The van der Waals surface area contributed by atoms with Crippen LogP contribution in [-0.2, 0) is 23.1 Å². The number of nitrogens with zero attached hydrogens (tertiary/aromatic N) is 1. The standard InChI is InChI=1S/C11H15NO10P2/c1-18-11(23(16)19-2,24(17)20-3)22-10(13)21-9-6-4-8(5-7-9)12(14)15/h4-7,16,24H,1-3H3. The van der Waals surface area contributed by atoms with E-state index < -0.39 is 32.8 Å². The van der Waals surface area contributed by atoms with E-state index in [4.69, 9.17) is 14.2 Å². The second kappa shape index (κ2) is 9.03. The van der Waals surface area contributed by atoms with Crippen LogP contribution >= 0.6 is 16.4 Å². The Morgan fingerprint density at radius 3 is 2.29 bits per heavy atom. The molecule has 0 aliphatic rings. The van der Waals surface area contributed by atoms with E-state index >= 15 is 0 Å². The monoisotopic (exact) mass is 383 g/mol. The summed E-state index contributed by atoms with van der Waals surface area (Å²) in [5.41, 5.74) is -0.204. The number of hydrogen-bond acceptors (Lipinski definition) is 10. The molecule has 0 aliphatic heterocycles. The Morgan fingerprint density at radius 1 is 1.29 bits per heavy atom. The van der Waals surface area contributed by atoms with E-state index in [0.29, 0.717) is 0 Å². The Bertz CT molecular complexity index is 609. The maximum atomic E-state index is 12.0. The van der Waals surface area contributed by atoms with Gasteiger partial charge in [0.2, 0.25) is 0 Å². The van der Waals surface area contributed by atoms with Crippen molar-refractivity contribution in [3.63, 3.8) is 0 Å². The third kappa shape index (κ3) is 4.70. The molecule has 0 saturated carbocycles. The fourth-order valence-electron chi connectivity index (χ4n) is 1.48. The Hall–Kier alpha value is -1.61. The summed E-state index contributed by atoms with van der Waals surface area (Å²) >= 11 is 0. The molecule has 0 heterocycles. The summed E-state index contributed by atoms with van der Waals surface area (Å²) in [6.45, 7) is 0. The molecule has 0 radical (unpaired) electrons. The third-order valence-corrected chi connectivity index (χ3v) is 6.05. The van der Waals surface area contributed by atoms with E-state index in [-0.39, 0.29) is 11.4 Å². The zero-order chi connectivity index (χ0) is 18.3. The second-order valence-electron chi connectivity index (χ2n) is 3.94. The van der Waals surface area contributed by atoms with Crippen LogP contribution in [0.5, 0.6) is 5.75 Å². The molecule has 0 fully saturated rings. The Labute approximate surface area is 138 Å². The van der Waals surface area contributed by atoms with Gasteiger partial charge in [0.25, 0.3) is 22.1 Å². The van der Waals surface area contributed by atoms with E-state index in [1.54, 1.807) is 0 Å². The van der Waals surface area contributed by atoms with Crippen molar-refractivity contribution >= 4 is 28.2 Å². The molecule has 0 bridgehead atoms. The van der Waals surface area contributed by atoms with Crippen LogP contribution in [0.1, 0.15) is 0 Å². The number of benzene rings is 1. The average Bonchev–Trinajstić information content (AvgIpc) is 2.58. The molecule has 1 aromatic rings. The van der Waals surface area contributed by atoms with Crippen molar-refractivity contribution in [3.05, 3.63) is 34.4 Å². The number of non-ortho nitro benzene ring substituents is 1. The van der Waals surface area contributed by atoms with Crippen LogP contribution in [0, 0.1) is 10.1 Å². The zero-order valence-corrected chi connectivity index (χ0v) is 14.7. The van der Waals surface area contributed by atoms with Crippen molar-refractivity contribution in [3.8, 4) is 5.75 Å². The zero-order valence-electron chi connectivity index (χ0n) is 12.8. The van der Waals surface area contributed by atoms with Gasteiger partial charge in [0.15, 0.2) is 0 Å². The molecule has 24 heavy (non-hydrogen) atoms. The first-order valence-electron chi connectivity index (χ1n) is 6.12. The summed E-state index contributed by atoms with van der Waals surface area (Å²) in [7, 11) is -2.65. The Kier molecular flexibility index (Phi) is 7.68. The lowest BCUT2D eigenvalue weighted by atomic mass is 10.3. The van der Waals surface area contributed by atoms with E-state index in [9.17, 15) is 24.4 Å². The van der Waals surface area contributed by atoms with Gasteiger partial charge in [0.05, 0.1) is 4.92 Å². The molecule has 11 nitrogen and oxygen atoms in total. The van der Waals surface area contributed by atoms with Crippen LogP contribution < -0.4 is 4.74 Å². The van der Waals surface area contributed by atoms with Gasteiger partial charge in [-0.25, -0.2) is 4.79 Å². The maximum Gasteiger partial charge on any atom is 0.517 e. The molecule has 13 heteroatoms. The SMILES string of the molecule is COP(O)C(OC)(OC(=O)Oc1ccc([N+](=O)[O-])cc1)[PH](=O)OC. The smallest absolute Gasteiger partial charge is 0.395 e. The lowest BCUT2D eigenvalue weighted by Crippen LogP contribution is -2.33. The normalized spacial score (nSPS) is 15.8. The van der Waals surface area contributed by atoms with Crippen molar-refractivity contribution in [1.29, 1.82) is 0 Å². The molecule has 0 aromatic heterocycles. The highest BCUT2D eigenvalue weighted by Crippen LogP contribution is 2.61. The molecular weight excluding hydrogens is 368 g/mol. The number of carbonyl (C=O) groups excluding carboxylic acids is 1. The van der Waals surface area contributed by atoms with Crippen molar-refractivity contribution in [2.75, 3.05) is 21.3 Å². The summed E-state index contributed by atoms with van der Waals surface area (Å²) in [4.78, 5) is 31.6. The quantitative estimate of drug-likeness (QED) is 0.177. The van der Waals surface area contributed by atoms with Crippen LogP contribution in [-0.4, -0.2) is 42.6 Å². The van der Waals surface area contributed by atoms with E-state index in [1.807, 2.05) is 0 Å². The summed E-state index contributed by atoms with van der Waals surface area (Å²) in [6.07, 6.45) is -1.38. The first-order valence-corrected chi connectivity index (χ1v) is 8.65. The molecule has 3 atom stereocenters. The second-order valence-corrected chi connectivity index (χ2v) is 7.50. The van der Waals surface area contributed by atoms with Crippen molar-refractivity contribution in [1.82, 2.24) is 0 Å². The van der Waals surface area contributed by atoms with Gasteiger partial charge in [-0.05, 0) is 12.1 Å². The average molecular weight is 383 g/mol. The van der Waals surface area contributed by atoms with Crippen LogP contribution in [0.15, 0.2) is 24.3 Å². The van der Waals surface area contributed by atoms with Gasteiger partial charge in [-0.15, -0.1) is 0 Å². The molecule has 134 valence electrons. The fraction of sp³-hybridized carbons (Fsp3) is 0.364. The molecule has 1 rings (SSSR count). The molecule has 0 amide bonds. The first-order chi connectivity index (χ1) is 11.3. The molecule has 3 unspecified atom stereocenters. The van der Waals surface area contributed by atoms with E-state index in [2.05, 4.69) is 9.05 Å². The molecule has 0 saturated heterocycles. The first kappa shape index (κ1) is 20.4. The van der Waals surface area contributed by atoms with Gasteiger partial charge < -0.3 is 28.2 Å². The highest BCUT2D eigenvalue weighted by molar-refractivity contribution is 7.63. The van der Waals surface area contributed by atoms with Crippen LogP contribution in [0.3, 0.4) is 0 Å². The van der Waals surface area contributed by atoms with Crippen molar-refractivity contribution in [2.45, 2.75) is 5.27 Å². The van der Waals surface area contributed by atoms with Gasteiger partial charge in [-0.2, -0.15) is 0 Å². The number of methoxy groups -OCH3 is 1. The van der Waals surface area contributed by atoms with Crippen molar-refractivity contribution < 1.29 is 42.4 Å². The summed E-state index contributed by atoms with van der Waals surface area (Å²) < 4.78 is 35.7. The molecular formula is C11H15NO10P2. The maximum absolute atomic E-state index is 12.0. The Morgan fingerprint density at radius 2 is 1.88 bits per heavy atom. The molecule has 0 aliphatic carbocycles. The predicted octanol–water partition coefficient (Wildman–Crippen LogP) is 2.44. The highest BCUT2D eigenvalue weighted by Gasteiger charge is 2.52. The number of hydrogen-bond donors (Lipinski definition) is 1. The highest BCUT2D eigenvalue weighted by atomic mass is 31.2. The fourth-order valence-corrected chi connectivity index (χ4v) is 3.79. The third-order valence-electron chi connectivity index (χ3n) is 2.62. The largest absolute Gasteiger partial charge is 0.517 e. The summed E-state index contributed by atoms with van der Waals surface area (Å²) in [5, 5.41) is 8.19. The van der Waals surface area contributed by atoms with Crippen LogP contribution in [0.25, 0.3) is 0 Å². The number of rotatable bonds is 8. The van der Waals surface area contributed by atoms with Crippen LogP contribution in [0.2, 0.25) is 0 Å². The lowest BCUT2D eigenvalue weighted by Gasteiger charge is -2.31. The summed E-state index contributed by atoms with van der Waals surface area (Å²) in [6, 6.07) is 4.53. The van der Waals surface area contributed by atoms with Gasteiger partial charge in [-0.3, -0.25) is 14.7 Å². The van der Waals surface area contributed by atoms with E-state index in [1.165, 1.54) is 0 Å². The number of nitro groups is 1. The Balaban J connectivity index is 2.92.